The molecule has 0 aromatic heterocycles. The molecule has 1 N–H and O–H groups in total. The Balaban J connectivity index is 2.05. The van der Waals surface area contributed by atoms with Gasteiger partial charge in [0.25, 0.3) is 0 Å². The van der Waals surface area contributed by atoms with Crippen LogP contribution < -0.4 is 5.32 Å². The smallest absolute Gasteiger partial charge is 0.161 e. The van der Waals surface area contributed by atoms with Crippen LogP contribution in [0.2, 0.25) is 0 Å². The molecule has 0 bridgehead atoms. The highest BCUT2D eigenvalue weighted by molar-refractivity contribution is 5.70. The van der Waals surface area contributed by atoms with Crippen LogP contribution in [0.3, 0.4) is 0 Å². The number of nitrogens with one attached hydrogen (secondary N) is 1. The van der Waals surface area contributed by atoms with Crippen LogP contribution >= 0.6 is 0 Å². The van der Waals surface area contributed by atoms with E-state index in [0.29, 0.717) is 17.7 Å². The Bertz CT molecular complexity index is 667. The predicted molar refractivity (Wildman–Crippen MR) is 73.2 cm³/mol. The van der Waals surface area contributed by atoms with Gasteiger partial charge in [0.1, 0.15) is 5.82 Å². The lowest BCUT2D eigenvalue weighted by Gasteiger charge is -2.24. The van der Waals surface area contributed by atoms with Crippen molar-refractivity contribution in [1.29, 1.82) is 0 Å². The Labute approximate surface area is 115 Å². The first kappa shape index (κ1) is 13.0. The minimum absolute atomic E-state index is 0.0883. The lowest BCUT2D eigenvalue weighted by molar-refractivity contribution is 0.496. The Morgan fingerprint density at radius 1 is 1.00 bits per heavy atom. The van der Waals surface area contributed by atoms with E-state index in [2.05, 4.69) is 12.2 Å². The minimum atomic E-state index is -1.17. The van der Waals surface area contributed by atoms with E-state index in [9.17, 15) is 13.2 Å². The number of benzene rings is 2. The minimum Gasteiger partial charge on any atom is -0.382 e. The molecule has 1 aliphatic rings. The molecule has 104 valence electrons. The zero-order valence-corrected chi connectivity index (χ0v) is 11.0. The number of hydrogen-bond acceptors (Lipinski definition) is 1. The summed E-state index contributed by atoms with van der Waals surface area (Å²) in [7, 11) is 0. The van der Waals surface area contributed by atoms with Crippen LogP contribution in [-0.2, 0) is 6.42 Å². The van der Waals surface area contributed by atoms with Crippen molar-refractivity contribution in [3.8, 4) is 11.1 Å². The SMILES string of the molecule is CC1CCc2cc(-c3cc(F)c(F)cc3F)ccc2N1. The molecule has 0 fully saturated rings. The van der Waals surface area contributed by atoms with E-state index < -0.39 is 17.5 Å². The van der Waals surface area contributed by atoms with Crippen LogP contribution in [0.5, 0.6) is 0 Å². The van der Waals surface area contributed by atoms with Gasteiger partial charge in [-0.1, -0.05) is 6.07 Å². The Morgan fingerprint density at radius 3 is 2.55 bits per heavy atom. The summed E-state index contributed by atoms with van der Waals surface area (Å²) in [4.78, 5) is 0. The zero-order chi connectivity index (χ0) is 14.3. The normalized spacial score (nSPS) is 17.5. The molecule has 0 saturated carbocycles. The van der Waals surface area contributed by atoms with Crippen molar-refractivity contribution >= 4 is 5.69 Å². The van der Waals surface area contributed by atoms with Gasteiger partial charge in [-0.15, -0.1) is 0 Å². The fraction of sp³-hybridized carbons (Fsp3) is 0.250. The highest BCUT2D eigenvalue weighted by Gasteiger charge is 2.16. The van der Waals surface area contributed by atoms with Crippen molar-refractivity contribution in [2.24, 2.45) is 0 Å². The van der Waals surface area contributed by atoms with Gasteiger partial charge >= 0.3 is 0 Å². The second-order valence-corrected chi connectivity index (χ2v) is 5.20. The first-order valence-corrected chi connectivity index (χ1v) is 6.59. The molecule has 1 atom stereocenters. The Hall–Kier alpha value is -1.97. The van der Waals surface area contributed by atoms with Crippen LogP contribution in [0.15, 0.2) is 30.3 Å². The second kappa shape index (κ2) is 4.85. The number of halogens is 3. The molecule has 0 saturated heterocycles. The van der Waals surface area contributed by atoms with Crippen molar-refractivity contribution in [3.63, 3.8) is 0 Å². The lowest BCUT2D eigenvalue weighted by atomic mass is 9.94. The predicted octanol–water partition coefficient (Wildman–Crippen LogP) is 4.52. The molecule has 0 aliphatic carbocycles. The molecule has 0 amide bonds. The summed E-state index contributed by atoms with van der Waals surface area (Å²) in [6.45, 7) is 2.10. The summed E-state index contributed by atoms with van der Waals surface area (Å²) in [6, 6.07) is 7.33. The van der Waals surface area contributed by atoms with Crippen molar-refractivity contribution in [2.75, 3.05) is 5.32 Å². The van der Waals surface area contributed by atoms with Crippen molar-refractivity contribution < 1.29 is 13.2 Å². The third kappa shape index (κ3) is 2.26. The average Bonchev–Trinajstić information content (AvgIpc) is 2.42. The molecule has 20 heavy (non-hydrogen) atoms. The molecular formula is C16H14F3N. The monoisotopic (exact) mass is 277 g/mol. The van der Waals surface area contributed by atoms with Gasteiger partial charge in [0.05, 0.1) is 0 Å². The topological polar surface area (TPSA) is 12.0 Å². The standard InChI is InChI=1S/C16H14F3N/c1-9-2-3-11-6-10(4-5-16(11)20-9)12-7-14(18)15(19)8-13(12)17/h4-9,20H,2-3H2,1H3. The van der Waals surface area contributed by atoms with Gasteiger partial charge in [0.15, 0.2) is 11.6 Å². The van der Waals surface area contributed by atoms with Gasteiger partial charge in [-0.2, -0.15) is 0 Å². The van der Waals surface area contributed by atoms with Crippen molar-refractivity contribution in [2.45, 2.75) is 25.8 Å². The molecule has 2 aromatic rings. The first-order valence-electron chi connectivity index (χ1n) is 6.59. The van der Waals surface area contributed by atoms with E-state index in [1.54, 1.807) is 6.07 Å². The lowest BCUT2D eigenvalue weighted by Crippen LogP contribution is -2.21. The molecule has 1 unspecified atom stereocenters. The van der Waals surface area contributed by atoms with Crippen LogP contribution in [0.25, 0.3) is 11.1 Å². The number of anilines is 1. The summed E-state index contributed by atoms with van der Waals surface area (Å²) in [5.41, 5.74) is 2.75. The van der Waals surface area contributed by atoms with Crippen LogP contribution in [0.4, 0.5) is 18.9 Å². The summed E-state index contributed by atoms with van der Waals surface area (Å²) in [5.74, 6) is -2.95. The summed E-state index contributed by atoms with van der Waals surface area (Å²) in [6.07, 6.45) is 1.89. The maximum Gasteiger partial charge on any atom is 0.161 e. The van der Waals surface area contributed by atoms with E-state index in [1.165, 1.54) is 0 Å². The van der Waals surface area contributed by atoms with Crippen molar-refractivity contribution in [3.05, 3.63) is 53.3 Å². The summed E-state index contributed by atoms with van der Waals surface area (Å²) < 4.78 is 40.0. The van der Waals surface area contributed by atoms with Gasteiger partial charge in [0, 0.05) is 23.4 Å². The maximum atomic E-state index is 13.8. The fourth-order valence-corrected chi connectivity index (χ4v) is 2.56. The largest absolute Gasteiger partial charge is 0.382 e. The molecule has 0 spiro atoms. The van der Waals surface area contributed by atoms with Gasteiger partial charge in [-0.25, -0.2) is 13.2 Å². The van der Waals surface area contributed by atoms with Gasteiger partial charge in [0.2, 0.25) is 0 Å². The van der Waals surface area contributed by atoms with E-state index >= 15 is 0 Å². The summed E-state index contributed by atoms with van der Waals surface area (Å²) in [5, 5.41) is 3.35. The molecule has 1 nitrogen and oxygen atoms in total. The number of aryl methyl sites for hydroxylation is 1. The molecule has 1 aliphatic heterocycles. The summed E-state index contributed by atoms with van der Waals surface area (Å²) >= 11 is 0. The molecule has 2 aromatic carbocycles. The number of hydrogen-bond donors (Lipinski definition) is 1. The third-order valence-corrected chi connectivity index (χ3v) is 3.67. The second-order valence-electron chi connectivity index (χ2n) is 5.20. The van der Waals surface area contributed by atoms with Crippen LogP contribution in [0, 0.1) is 17.5 Å². The third-order valence-electron chi connectivity index (χ3n) is 3.67. The maximum absolute atomic E-state index is 13.8. The molecule has 4 heteroatoms. The van der Waals surface area contributed by atoms with Gasteiger partial charge in [-0.3, -0.25) is 0 Å². The zero-order valence-electron chi connectivity index (χ0n) is 11.0. The van der Waals surface area contributed by atoms with E-state index in [-0.39, 0.29) is 5.56 Å². The first-order chi connectivity index (χ1) is 9.54. The molecule has 0 radical (unpaired) electrons. The quantitative estimate of drug-likeness (QED) is 0.756. The Morgan fingerprint density at radius 2 is 1.75 bits per heavy atom. The van der Waals surface area contributed by atoms with Crippen LogP contribution in [0.1, 0.15) is 18.9 Å². The van der Waals surface area contributed by atoms with E-state index in [1.807, 2.05) is 12.1 Å². The van der Waals surface area contributed by atoms with Crippen LogP contribution in [-0.4, -0.2) is 6.04 Å². The average molecular weight is 277 g/mol. The number of rotatable bonds is 1. The van der Waals surface area contributed by atoms with E-state index in [0.717, 1.165) is 30.2 Å². The van der Waals surface area contributed by atoms with Gasteiger partial charge < -0.3 is 5.32 Å². The highest BCUT2D eigenvalue weighted by atomic mass is 19.2. The Kier molecular flexibility index (Phi) is 3.16. The molecular weight excluding hydrogens is 263 g/mol. The van der Waals surface area contributed by atoms with Crippen molar-refractivity contribution in [1.82, 2.24) is 0 Å². The van der Waals surface area contributed by atoms with Gasteiger partial charge in [-0.05, 0) is 49.1 Å². The molecule has 1 heterocycles. The fourth-order valence-electron chi connectivity index (χ4n) is 2.56. The van der Waals surface area contributed by atoms with E-state index in [4.69, 9.17) is 0 Å². The highest BCUT2D eigenvalue weighted by Crippen LogP contribution is 2.31. The number of fused-ring (bicyclic) bond motifs is 1. The molecule has 3 rings (SSSR count).